The Morgan fingerprint density at radius 3 is 1.52 bits per heavy atom. The first-order valence-electron chi connectivity index (χ1n) is 7.93. The van der Waals surface area contributed by atoms with E-state index in [1.807, 2.05) is 30.3 Å². The van der Waals surface area contributed by atoms with Gasteiger partial charge in [-0.25, -0.2) is 0 Å². The summed E-state index contributed by atoms with van der Waals surface area (Å²) in [6, 6.07) is 21.4. The van der Waals surface area contributed by atoms with Crippen molar-refractivity contribution in [2.45, 2.75) is 0 Å². The summed E-state index contributed by atoms with van der Waals surface area (Å²) in [5.41, 5.74) is 1.06. The Labute approximate surface area is 165 Å². The summed E-state index contributed by atoms with van der Waals surface area (Å²) < 4.78 is 26.0. The number of nitro benzene ring substituents is 2. The summed E-state index contributed by atoms with van der Waals surface area (Å²) in [7, 11) is -3.95. The first kappa shape index (κ1) is 21.5. The van der Waals surface area contributed by atoms with Crippen molar-refractivity contribution in [3.63, 3.8) is 0 Å². The molecular weight excluding hydrogens is 402 g/mol. The fourth-order valence-electron chi connectivity index (χ4n) is 2.24. The van der Waals surface area contributed by atoms with Crippen molar-refractivity contribution in [2.24, 2.45) is 5.14 Å². The molecular formula is C18H15N3O7S. The van der Waals surface area contributed by atoms with Crippen LogP contribution < -0.4 is 9.32 Å². The van der Waals surface area contributed by atoms with Crippen molar-refractivity contribution in [3.8, 4) is 16.9 Å². The van der Waals surface area contributed by atoms with Crippen LogP contribution in [-0.4, -0.2) is 18.3 Å². The second kappa shape index (κ2) is 9.39. The van der Waals surface area contributed by atoms with Crippen LogP contribution in [0.3, 0.4) is 0 Å². The van der Waals surface area contributed by atoms with Crippen LogP contribution in [0.1, 0.15) is 0 Å². The first-order chi connectivity index (χ1) is 13.7. The van der Waals surface area contributed by atoms with Gasteiger partial charge in [0.2, 0.25) is 0 Å². The van der Waals surface area contributed by atoms with Crippen LogP contribution in [0.15, 0.2) is 78.9 Å². The van der Waals surface area contributed by atoms with E-state index in [1.165, 1.54) is 12.1 Å². The smallest absolute Gasteiger partial charge is 0.371 e. The molecule has 11 heteroatoms. The molecule has 3 rings (SSSR count). The van der Waals surface area contributed by atoms with Gasteiger partial charge in [-0.2, -0.15) is 13.6 Å². The maximum Gasteiger partial charge on any atom is 0.380 e. The molecule has 0 bridgehead atoms. The number of para-hydroxylation sites is 2. The highest BCUT2D eigenvalue weighted by atomic mass is 32.2. The van der Waals surface area contributed by atoms with Crippen LogP contribution in [0.5, 0.6) is 5.75 Å². The zero-order valence-corrected chi connectivity index (χ0v) is 15.6. The molecule has 0 unspecified atom stereocenters. The van der Waals surface area contributed by atoms with Crippen molar-refractivity contribution in [1.29, 1.82) is 0 Å². The van der Waals surface area contributed by atoms with E-state index in [9.17, 15) is 28.6 Å². The minimum atomic E-state index is -3.95. The second-order valence-corrected chi connectivity index (χ2v) is 6.62. The van der Waals surface area contributed by atoms with Gasteiger partial charge in [0.05, 0.1) is 9.85 Å². The third-order valence-electron chi connectivity index (χ3n) is 3.45. The van der Waals surface area contributed by atoms with Crippen molar-refractivity contribution in [2.75, 3.05) is 0 Å². The maximum atomic E-state index is 10.7. The molecule has 0 radical (unpaired) electrons. The summed E-state index contributed by atoms with van der Waals surface area (Å²) in [6.07, 6.45) is 0. The van der Waals surface area contributed by atoms with Crippen LogP contribution in [0.4, 0.5) is 11.4 Å². The molecule has 10 nitrogen and oxygen atoms in total. The lowest BCUT2D eigenvalue weighted by molar-refractivity contribution is -0.422. The Kier molecular flexibility index (Phi) is 6.95. The molecule has 0 saturated heterocycles. The third kappa shape index (κ3) is 6.68. The van der Waals surface area contributed by atoms with Gasteiger partial charge in [-0.05, 0) is 23.3 Å². The normalized spacial score (nSPS) is 10.4. The summed E-state index contributed by atoms with van der Waals surface area (Å²) in [5, 5.41) is 25.2. The van der Waals surface area contributed by atoms with Crippen molar-refractivity contribution in [3.05, 3.63) is 99.1 Å². The molecule has 2 N–H and O–H groups in total. The zero-order valence-electron chi connectivity index (χ0n) is 14.7. The third-order valence-corrected chi connectivity index (χ3v) is 3.87. The van der Waals surface area contributed by atoms with Gasteiger partial charge in [0.15, 0.2) is 0 Å². The first-order valence-corrected chi connectivity index (χ1v) is 9.40. The van der Waals surface area contributed by atoms with Gasteiger partial charge in [-0.3, -0.25) is 20.2 Å². The van der Waals surface area contributed by atoms with E-state index in [-0.39, 0.29) is 5.75 Å². The SMILES string of the molecule is NS(=O)(=O)Oc1ccc(-c2ccccc2)cc1.O=[N+]([O-])c1ccccc1[N+](=O)[O-]. The van der Waals surface area contributed by atoms with Crippen LogP contribution in [0.2, 0.25) is 0 Å². The predicted molar refractivity (Wildman–Crippen MR) is 105 cm³/mol. The van der Waals surface area contributed by atoms with Gasteiger partial charge < -0.3 is 4.18 Å². The molecule has 0 heterocycles. The quantitative estimate of drug-likeness (QED) is 0.492. The van der Waals surface area contributed by atoms with Crippen LogP contribution in [0.25, 0.3) is 11.1 Å². The van der Waals surface area contributed by atoms with Crippen molar-refractivity contribution >= 4 is 21.7 Å². The number of nitrogens with two attached hydrogens (primary N) is 1. The number of hydrogen-bond donors (Lipinski definition) is 1. The standard InChI is InChI=1S/C12H11NO3S.C6H4N2O4/c13-17(14,15)16-12-8-6-11(7-9-12)10-4-2-1-3-5-10;9-7(10)5-3-1-2-4-6(5)8(11)12/h1-9H,(H2,13,14,15);1-4H. The summed E-state index contributed by atoms with van der Waals surface area (Å²) in [5.74, 6) is 0.201. The fourth-order valence-corrected chi connectivity index (χ4v) is 2.62. The van der Waals surface area contributed by atoms with E-state index >= 15 is 0 Å². The Hall–Kier alpha value is -3.83. The number of nitro groups is 2. The van der Waals surface area contributed by atoms with Gasteiger partial charge in [0.1, 0.15) is 5.75 Å². The molecule has 0 aliphatic rings. The molecule has 3 aromatic rings. The van der Waals surface area contributed by atoms with E-state index in [0.29, 0.717) is 0 Å². The molecule has 0 aromatic heterocycles. The molecule has 150 valence electrons. The van der Waals surface area contributed by atoms with Gasteiger partial charge >= 0.3 is 21.7 Å². The van der Waals surface area contributed by atoms with Crippen molar-refractivity contribution < 1.29 is 22.4 Å². The predicted octanol–water partition coefficient (Wildman–Crippen LogP) is 3.44. The average molecular weight is 417 g/mol. The number of nitrogens with zero attached hydrogens (tertiary/aromatic N) is 2. The highest BCUT2D eigenvalue weighted by Gasteiger charge is 2.21. The lowest BCUT2D eigenvalue weighted by Gasteiger charge is -2.04. The van der Waals surface area contributed by atoms with E-state index in [0.717, 1.165) is 23.3 Å². The Balaban J connectivity index is 0.000000221. The zero-order chi connectivity index (χ0) is 21.4. The highest BCUT2D eigenvalue weighted by molar-refractivity contribution is 7.84. The van der Waals surface area contributed by atoms with Gasteiger partial charge in [-0.15, -0.1) is 0 Å². The fraction of sp³-hybridized carbons (Fsp3) is 0. The Bertz CT molecular complexity index is 1070. The van der Waals surface area contributed by atoms with Crippen LogP contribution in [0, 0.1) is 20.2 Å². The van der Waals surface area contributed by atoms with Crippen molar-refractivity contribution in [1.82, 2.24) is 0 Å². The van der Waals surface area contributed by atoms with E-state index < -0.39 is 31.5 Å². The Morgan fingerprint density at radius 1 is 0.690 bits per heavy atom. The second-order valence-electron chi connectivity index (χ2n) is 5.47. The largest absolute Gasteiger partial charge is 0.380 e. The highest BCUT2D eigenvalue weighted by Crippen LogP contribution is 2.25. The lowest BCUT2D eigenvalue weighted by Crippen LogP contribution is -2.18. The molecule has 29 heavy (non-hydrogen) atoms. The molecule has 0 aliphatic carbocycles. The molecule has 0 aliphatic heterocycles. The van der Waals surface area contributed by atoms with Gasteiger partial charge in [0.25, 0.3) is 0 Å². The van der Waals surface area contributed by atoms with Gasteiger partial charge in [0, 0.05) is 12.1 Å². The van der Waals surface area contributed by atoms with E-state index in [4.69, 9.17) is 5.14 Å². The topological polar surface area (TPSA) is 156 Å². The van der Waals surface area contributed by atoms with Crippen LogP contribution in [-0.2, 0) is 10.3 Å². The summed E-state index contributed by atoms with van der Waals surface area (Å²) >= 11 is 0. The molecule has 0 atom stereocenters. The van der Waals surface area contributed by atoms with Gasteiger partial charge in [-0.1, -0.05) is 54.6 Å². The number of rotatable bonds is 5. The summed E-state index contributed by atoms with van der Waals surface area (Å²) in [4.78, 5) is 18.9. The maximum absolute atomic E-state index is 10.7. The average Bonchev–Trinajstić information content (AvgIpc) is 2.68. The molecule has 0 spiro atoms. The van der Waals surface area contributed by atoms with Crippen LogP contribution >= 0.6 is 0 Å². The Morgan fingerprint density at radius 2 is 1.10 bits per heavy atom. The summed E-state index contributed by atoms with van der Waals surface area (Å²) in [6.45, 7) is 0. The van der Waals surface area contributed by atoms with E-state index in [1.54, 1.807) is 24.3 Å². The van der Waals surface area contributed by atoms with E-state index in [2.05, 4.69) is 4.18 Å². The lowest BCUT2D eigenvalue weighted by atomic mass is 10.1. The monoisotopic (exact) mass is 417 g/mol. The molecule has 0 saturated carbocycles. The molecule has 3 aromatic carbocycles. The molecule has 0 amide bonds. The minimum Gasteiger partial charge on any atom is -0.371 e. The number of hydrogen-bond acceptors (Lipinski definition) is 7. The molecule has 0 fully saturated rings. The minimum absolute atomic E-state index is 0.201. The number of benzene rings is 3.